The Bertz CT molecular complexity index is 205. The molecule has 0 bridgehead atoms. The van der Waals surface area contributed by atoms with Gasteiger partial charge in [-0.2, -0.15) is 0 Å². The number of hydrogen-bond donors (Lipinski definition) is 1. The second kappa shape index (κ2) is 4.40. The minimum Gasteiger partial charge on any atom is -0.329 e. The molecule has 1 aliphatic heterocycles. The largest absolute Gasteiger partial charge is 0.329 e. The Morgan fingerprint density at radius 1 is 1.33 bits per heavy atom. The summed E-state index contributed by atoms with van der Waals surface area (Å²) in [7, 11) is 4.51. The number of nitrogens with two attached hydrogens (primary N) is 1. The Labute approximate surface area is 93.6 Å². The molecular weight excluding hydrogens is 186 g/mol. The van der Waals surface area contributed by atoms with Crippen molar-refractivity contribution in [2.24, 2.45) is 5.73 Å². The SMILES string of the molecule is CN1CCC(CN)(N(C)C2CCC2)CC1. The van der Waals surface area contributed by atoms with Crippen LogP contribution >= 0.6 is 0 Å². The van der Waals surface area contributed by atoms with Gasteiger partial charge >= 0.3 is 0 Å². The molecule has 0 aromatic heterocycles. The minimum atomic E-state index is 0.303. The van der Waals surface area contributed by atoms with Gasteiger partial charge in [0.1, 0.15) is 0 Å². The first-order chi connectivity index (χ1) is 7.18. The van der Waals surface area contributed by atoms with Gasteiger partial charge in [-0.15, -0.1) is 0 Å². The lowest BCUT2D eigenvalue weighted by Crippen LogP contribution is -2.61. The molecule has 0 atom stereocenters. The second-order valence-corrected chi connectivity index (χ2v) is 5.43. The van der Waals surface area contributed by atoms with Gasteiger partial charge in [0.25, 0.3) is 0 Å². The molecule has 0 unspecified atom stereocenters. The van der Waals surface area contributed by atoms with E-state index in [9.17, 15) is 0 Å². The first kappa shape index (κ1) is 11.4. The van der Waals surface area contributed by atoms with Crippen LogP contribution in [0.15, 0.2) is 0 Å². The van der Waals surface area contributed by atoms with E-state index in [0.717, 1.165) is 12.6 Å². The van der Waals surface area contributed by atoms with E-state index in [1.54, 1.807) is 0 Å². The molecule has 1 heterocycles. The maximum atomic E-state index is 6.04. The van der Waals surface area contributed by atoms with Crippen LogP contribution in [0.1, 0.15) is 32.1 Å². The number of piperidine rings is 1. The van der Waals surface area contributed by atoms with E-state index < -0.39 is 0 Å². The van der Waals surface area contributed by atoms with Gasteiger partial charge in [-0.1, -0.05) is 6.42 Å². The fraction of sp³-hybridized carbons (Fsp3) is 1.00. The van der Waals surface area contributed by atoms with Crippen molar-refractivity contribution < 1.29 is 0 Å². The number of hydrogen-bond acceptors (Lipinski definition) is 3. The highest BCUT2D eigenvalue weighted by molar-refractivity contribution is 4.98. The minimum absolute atomic E-state index is 0.303. The van der Waals surface area contributed by atoms with Gasteiger partial charge < -0.3 is 10.6 Å². The van der Waals surface area contributed by atoms with E-state index in [0.29, 0.717) is 5.54 Å². The molecule has 3 heteroatoms. The predicted molar refractivity (Wildman–Crippen MR) is 63.9 cm³/mol. The van der Waals surface area contributed by atoms with Crippen molar-refractivity contribution in [2.75, 3.05) is 33.7 Å². The predicted octanol–water partition coefficient (Wildman–Crippen LogP) is 0.894. The van der Waals surface area contributed by atoms with E-state index in [1.165, 1.54) is 45.2 Å². The summed E-state index contributed by atoms with van der Waals surface area (Å²) in [6, 6.07) is 0.817. The number of likely N-dealkylation sites (tertiary alicyclic amines) is 1. The summed E-state index contributed by atoms with van der Waals surface area (Å²) in [4.78, 5) is 5.02. The molecule has 2 N–H and O–H groups in total. The Morgan fingerprint density at radius 2 is 1.93 bits per heavy atom. The number of rotatable bonds is 3. The maximum Gasteiger partial charge on any atom is 0.0355 e. The Hall–Kier alpha value is -0.120. The molecule has 15 heavy (non-hydrogen) atoms. The smallest absolute Gasteiger partial charge is 0.0355 e. The molecule has 2 fully saturated rings. The molecule has 1 saturated carbocycles. The van der Waals surface area contributed by atoms with E-state index >= 15 is 0 Å². The third-order valence-electron chi connectivity index (χ3n) is 4.67. The van der Waals surface area contributed by atoms with Gasteiger partial charge in [-0.05, 0) is 52.9 Å². The average molecular weight is 211 g/mol. The molecule has 1 saturated heterocycles. The third kappa shape index (κ3) is 2.05. The van der Waals surface area contributed by atoms with Crippen molar-refractivity contribution in [1.82, 2.24) is 9.80 Å². The van der Waals surface area contributed by atoms with Gasteiger partial charge in [-0.3, -0.25) is 4.90 Å². The summed E-state index contributed by atoms with van der Waals surface area (Å²) in [5, 5.41) is 0. The van der Waals surface area contributed by atoms with Gasteiger partial charge in [0.15, 0.2) is 0 Å². The summed E-state index contributed by atoms with van der Waals surface area (Å²) >= 11 is 0. The van der Waals surface area contributed by atoms with Crippen molar-refractivity contribution in [3.63, 3.8) is 0 Å². The molecule has 0 radical (unpaired) electrons. The third-order valence-corrected chi connectivity index (χ3v) is 4.67. The quantitative estimate of drug-likeness (QED) is 0.752. The Balaban J connectivity index is 2.00. The van der Waals surface area contributed by atoms with E-state index in [1.807, 2.05) is 0 Å². The summed E-state index contributed by atoms with van der Waals surface area (Å²) in [5.41, 5.74) is 6.34. The zero-order valence-electron chi connectivity index (χ0n) is 10.2. The number of nitrogens with zero attached hydrogens (tertiary/aromatic N) is 2. The van der Waals surface area contributed by atoms with Crippen LogP contribution in [0.4, 0.5) is 0 Å². The zero-order chi connectivity index (χ0) is 10.9. The van der Waals surface area contributed by atoms with Crippen LogP contribution < -0.4 is 5.73 Å². The lowest BCUT2D eigenvalue weighted by atomic mass is 9.81. The van der Waals surface area contributed by atoms with Gasteiger partial charge in [-0.25, -0.2) is 0 Å². The lowest BCUT2D eigenvalue weighted by molar-refractivity contribution is -0.00243. The average Bonchev–Trinajstić information content (AvgIpc) is 2.17. The highest BCUT2D eigenvalue weighted by atomic mass is 15.2. The molecule has 3 nitrogen and oxygen atoms in total. The molecule has 88 valence electrons. The van der Waals surface area contributed by atoms with Crippen molar-refractivity contribution in [2.45, 2.75) is 43.7 Å². The summed E-state index contributed by atoms with van der Waals surface area (Å²) in [6.45, 7) is 3.23. The zero-order valence-corrected chi connectivity index (χ0v) is 10.2. The molecule has 2 rings (SSSR count). The summed E-state index contributed by atoms with van der Waals surface area (Å²) in [5.74, 6) is 0. The van der Waals surface area contributed by atoms with E-state index in [4.69, 9.17) is 5.73 Å². The highest BCUT2D eigenvalue weighted by Crippen LogP contribution is 2.34. The molecule has 0 aromatic rings. The van der Waals surface area contributed by atoms with Crippen LogP contribution in [-0.2, 0) is 0 Å². The molecule has 2 aliphatic rings. The molecule has 0 aromatic carbocycles. The fourth-order valence-corrected chi connectivity index (χ4v) is 2.90. The topological polar surface area (TPSA) is 32.5 Å². The van der Waals surface area contributed by atoms with Crippen LogP contribution in [0.3, 0.4) is 0 Å². The molecule has 0 amide bonds. The first-order valence-corrected chi connectivity index (χ1v) is 6.29. The van der Waals surface area contributed by atoms with Crippen LogP contribution in [0.25, 0.3) is 0 Å². The monoisotopic (exact) mass is 211 g/mol. The molecular formula is C12H25N3. The molecule has 1 aliphatic carbocycles. The van der Waals surface area contributed by atoms with Crippen LogP contribution in [0.2, 0.25) is 0 Å². The normalized spacial score (nSPS) is 28.0. The summed E-state index contributed by atoms with van der Waals surface area (Å²) < 4.78 is 0. The number of likely N-dealkylation sites (N-methyl/N-ethyl adjacent to an activating group) is 1. The second-order valence-electron chi connectivity index (χ2n) is 5.43. The van der Waals surface area contributed by atoms with Crippen molar-refractivity contribution in [1.29, 1.82) is 0 Å². The van der Waals surface area contributed by atoms with Crippen LogP contribution in [0, 0.1) is 0 Å². The van der Waals surface area contributed by atoms with E-state index in [-0.39, 0.29) is 0 Å². The van der Waals surface area contributed by atoms with Crippen molar-refractivity contribution in [3.05, 3.63) is 0 Å². The van der Waals surface area contributed by atoms with Crippen LogP contribution in [0.5, 0.6) is 0 Å². The van der Waals surface area contributed by atoms with Crippen molar-refractivity contribution >= 4 is 0 Å². The van der Waals surface area contributed by atoms with Crippen molar-refractivity contribution in [3.8, 4) is 0 Å². The fourth-order valence-electron chi connectivity index (χ4n) is 2.90. The summed E-state index contributed by atoms with van der Waals surface area (Å²) in [6.07, 6.45) is 6.66. The highest BCUT2D eigenvalue weighted by Gasteiger charge is 2.40. The van der Waals surface area contributed by atoms with Gasteiger partial charge in [0.2, 0.25) is 0 Å². The van der Waals surface area contributed by atoms with Gasteiger partial charge in [0, 0.05) is 18.1 Å². The standard InChI is InChI=1S/C12H25N3/c1-14-8-6-12(10-13,7-9-14)15(2)11-4-3-5-11/h11H,3-10,13H2,1-2H3. The van der Waals surface area contributed by atoms with Crippen LogP contribution in [-0.4, -0.2) is 55.1 Å². The first-order valence-electron chi connectivity index (χ1n) is 6.29. The Morgan fingerprint density at radius 3 is 2.33 bits per heavy atom. The maximum absolute atomic E-state index is 6.04. The van der Waals surface area contributed by atoms with E-state index in [2.05, 4.69) is 23.9 Å². The Kier molecular flexibility index (Phi) is 3.33. The lowest BCUT2D eigenvalue weighted by Gasteiger charge is -2.51. The van der Waals surface area contributed by atoms with Gasteiger partial charge in [0.05, 0.1) is 0 Å². The molecule has 0 spiro atoms.